The van der Waals surface area contributed by atoms with E-state index in [1.54, 1.807) is 4.90 Å². The molecule has 1 saturated heterocycles. The molecular weight excluding hydrogens is 288 g/mol. The summed E-state index contributed by atoms with van der Waals surface area (Å²) in [6.45, 7) is 4.90. The zero-order valence-corrected chi connectivity index (χ0v) is 13.5. The molecule has 0 aliphatic carbocycles. The highest BCUT2D eigenvalue weighted by Crippen LogP contribution is 2.24. The number of aromatic nitrogens is 2. The van der Waals surface area contributed by atoms with Crippen molar-refractivity contribution < 1.29 is 9.90 Å². The lowest BCUT2D eigenvalue weighted by atomic mass is 9.91. The number of carbonyl (C=O) groups excluding carboxylic acids is 1. The van der Waals surface area contributed by atoms with Gasteiger partial charge in [0.15, 0.2) is 0 Å². The molecule has 1 fully saturated rings. The minimum Gasteiger partial charge on any atom is -0.394 e. The standard InChI is InChI=1S/C14H24N4O2S/c1-3-4-7-12-16-17-13(21-12)15-14(20)18-8-5-6-10(2)11(18)9-19/h10-11,19H,3-9H2,1-2H3,(H,15,17,20). The van der Waals surface area contributed by atoms with Gasteiger partial charge in [-0.2, -0.15) is 0 Å². The number of piperidine rings is 1. The molecule has 118 valence electrons. The summed E-state index contributed by atoms with van der Waals surface area (Å²) in [6, 6.07) is -0.287. The lowest BCUT2D eigenvalue weighted by Crippen LogP contribution is -2.51. The van der Waals surface area contributed by atoms with Crippen molar-refractivity contribution in [3.63, 3.8) is 0 Å². The van der Waals surface area contributed by atoms with Crippen molar-refractivity contribution in [2.24, 2.45) is 5.92 Å². The van der Waals surface area contributed by atoms with Gasteiger partial charge in [0, 0.05) is 13.0 Å². The molecule has 2 unspecified atom stereocenters. The average molecular weight is 312 g/mol. The molecule has 0 saturated carbocycles. The molecule has 6 nitrogen and oxygen atoms in total. The Labute approximate surface area is 129 Å². The van der Waals surface area contributed by atoms with Crippen LogP contribution < -0.4 is 5.32 Å². The molecule has 0 aromatic carbocycles. The molecule has 1 aromatic rings. The predicted octanol–water partition coefficient (Wildman–Crippen LogP) is 2.51. The number of aliphatic hydroxyl groups excluding tert-OH is 1. The fraction of sp³-hybridized carbons (Fsp3) is 0.786. The van der Waals surface area contributed by atoms with Crippen molar-refractivity contribution in [1.29, 1.82) is 0 Å². The Morgan fingerprint density at radius 3 is 3.05 bits per heavy atom. The van der Waals surface area contributed by atoms with Crippen LogP contribution in [0.2, 0.25) is 0 Å². The number of hydrogen-bond donors (Lipinski definition) is 2. The number of nitrogens with zero attached hydrogens (tertiary/aromatic N) is 3. The number of carbonyl (C=O) groups is 1. The highest BCUT2D eigenvalue weighted by molar-refractivity contribution is 7.15. The fourth-order valence-electron chi connectivity index (χ4n) is 2.68. The van der Waals surface area contributed by atoms with Crippen molar-refractivity contribution >= 4 is 22.5 Å². The Kier molecular flexibility index (Phi) is 5.93. The third kappa shape index (κ3) is 4.14. The number of hydrogen-bond acceptors (Lipinski definition) is 5. The molecule has 2 heterocycles. The van der Waals surface area contributed by atoms with Crippen molar-refractivity contribution in [3.8, 4) is 0 Å². The first kappa shape index (κ1) is 16.2. The first-order chi connectivity index (χ1) is 10.2. The van der Waals surface area contributed by atoms with E-state index in [-0.39, 0.29) is 18.7 Å². The second-order valence-corrected chi connectivity index (χ2v) is 6.66. The summed E-state index contributed by atoms with van der Waals surface area (Å²) in [5.41, 5.74) is 0. The van der Waals surface area contributed by atoms with Gasteiger partial charge in [0.05, 0.1) is 12.6 Å². The van der Waals surface area contributed by atoms with Crippen molar-refractivity contribution in [1.82, 2.24) is 15.1 Å². The van der Waals surface area contributed by atoms with Gasteiger partial charge in [0.1, 0.15) is 5.01 Å². The van der Waals surface area contributed by atoms with Gasteiger partial charge in [0.25, 0.3) is 0 Å². The molecular formula is C14H24N4O2S. The number of rotatable bonds is 5. The number of urea groups is 1. The molecule has 0 spiro atoms. The molecule has 1 aliphatic heterocycles. The van der Waals surface area contributed by atoms with Gasteiger partial charge >= 0.3 is 6.03 Å². The molecule has 7 heteroatoms. The quantitative estimate of drug-likeness (QED) is 0.875. The van der Waals surface area contributed by atoms with Gasteiger partial charge in [0.2, 0.25) is 5.13 Å². The molecule has 1 aliphatic rings. The fourth-order valence-corrected chi connectivity index (χ4v) is 3.45. The van der Waals surface area contributed by atoms with Crippen molar-refractivity contribution in [3.05, 3.63) is 5.01 Å². The maximum Gasteiger partial charge on any atom is 0.324 e. The highest BCUT2D eigenvalue weighted by Gasteiger charge is 2.31. The summed E-state index contributed by atoms with van der Waals surface area (Å²) < 4.78 is 0. The molecule has 0 radical (unpaired) electrons. The molecule has 2 N–H and O–H groups in total. The van der Waals surface area contributed by atoms with Gasteiger partial charge in [-0.1, -0.05) is 31.6 Å². The summed E-state index contributed by atoms with van der Waals surface area (Å²) in [5, 5.41) is 21.9. The number of amides is 2. The third-order valence-electron chi connectivity index (χ3n) is 3.99. The zero-order valence-electron chi connectivity index (χ0n) is 12.7. The number of likely N-dealkylation sites (tertiary alicyclic amines) is 1. The lowest BCUT2D eigenvalue weighted by molar-refractivity contribution is 0.0811. The van der Waals surface area contributed by atoms with Gasteiger partial charge in [-0.25, -0.2) is 4.79 Å². The first-order valence-corrected chi connectivity index (χ1v) is 8.48. The van der Waals surface area contributed by atoms with E-state index in [2.05, 4.69) is 29.4 Å². The van der Waals surface area contributed by atoms with Crippen LogP contribution in [0.1, 0.15) is 44.5 Å². The van der Waals surface area contributed by atoms with Crippen LogP contribution in [0.5, 0.6) is 0 Å². The highest BCUT2D eigenvalue weighted by atomic mass is 32.1. The normalized spacial score (nSPS) is 22.3. The maximum atomic E-state index is 12.3. The van der Waals surface area contributed by atoms with Crippen LogP contribution in [-0.4, -0.2) is 45.4 Å². The number of nitrogens with one attached hydrogen (secondary N) is 1. The number of aryl methyl sites for hydroxylation is 1. The van der Waals surface area contributed by atoms with Gasteiger partial charge < -0.3 is 10.0 Å². The third-order valence-corrected chi connectivity index (χ3v) is 4.89. The van der Waals surface area contributed by atoms with Crippen LogP contribution in [0, 0.1) is 5.92 Å². The van der Waals surface area contributed by atoms with E-state index in [9.17, 15) is 9.90 Å². The van der Waals surface area contributed by atoms with E-state index in [4.69, 9.17) is 0 Å². The second-order valence-electron chi connectivity index (χ2n) is 5.60. The molecule has 21 heavy (non-hydrogen) atoms. The van der Waals surface area contributed by atoms with Crippen molar-refractivity contribution in [2.45, 2.75) is 52.0 Å². The smallest absolute Gasteiger partial charge is 0.324 e. The molecule has 2 atom stereocenters. The van der Waals surface area contributed by atoms with Crippen LogP contribution in [0.3, 0.4) is 0 Å². The largest absolute Gasteiger partial charge is 0.394 e. The minimum absolute atomic E-state index is 0.00640. The van der Waals surface area contributed by atoms with E-state index < -0.39 is 0 Å². The summed E-state index contributed by atoms with van der Waals surface area (Å²) in [6.07, 6.45) is 5.13. The van der Waals surface area contributed by atoms with Gasteiger partial charge in [-0.15, -0.1) is 10.2 Å². The summed E-state index contributed by atoms with van der Waals surface area (Å²) in [5.74, 6) is 0.323. The molecule has 0 bridgehead atoms. The Bertz CT molecular complexity index is 466. The number of unbranched alkanes of at least 4 members (excludes halogenated alkanes) is 1. The zero-order chi connectivity index (χ0) is 15.2. The Morgan fingerprint density at radius 2 is 2.33 bits per heavy atom. The van der Waals surface area contributed by atoms with E-state index >= 15 is 0 Å². The van der Waals surface area contributed by atoms with Crippen LogP contribution in [0.15, 0.2) is 0 Å². The lowest BCUT2D eigenvalue weighted by Gasteiger charge is -2.38. The SMILES string of the molecule is CCCCc1nnc(NC(=O)N2CCCC(C)C2CO)s1. The van der Waals surface area contributed by atoms with Crippen molar-refractivity contribution in [2.75, 3.05) is 18.5 Å². The minimum atomic E-state index is -0.182. The second kappa shape index (κ2) is 7.70. The molecule has 1 aromatic heterocycles. The molecule has 2 rings (SSSR count). The van der Waals surface area contributed by atoms with Crippen LogP contribution in [0.25, 0.3) is 0 Å². The Hall–Kier alpha value is -1.21. The van der Waals surface area contributed by atoms with E-state index in [0.29, 0.717) is 17.6 Å². The average Bonchev–Trinajstić information content (AvgIpc) is 2.92. The summed E-state index contributed by atoms with van der Waals surface area (Å²) >= 11 is 1.43. The monoisotopic (exact) mass is 312 g/mol. The van der Waals surface area contributed by atoms with E-state index in [1.807, 2.05) is 0 Å². The summed E-state index contributed by atoms with van der Waals surface area (Å²) in [4.78, 5) is 14.1. The van der Waals surface area contributed by atoms with Gasteiger partial charge in [-0.3, -0.25) is 5.32 Å². The number of aliphatic hydroxyl groups is 1. The van der Waals surface area contributed by atoms with E-state index in [1.165, 1.54) is 11.3 Å². The van der Waals surface area contributed by atoms with Crippen LogP contribution in [0.4, 0.5) is 9.93 Å². The Balaban J connectivity index is 1.95. The molecule has 2 amide bonds. The first-order valence-electron chi connectivity index (χ1n) is 7.66. The Morgan fingerprint density at radius 1 is 1.52 bits per heavy atom. The maximum absolute atomic E-state index is 12.3. The number of anilines is 1. The summed E-state index contributed by atoms with van der Waals surface area (Å²) in [7, 11) is 0. The van der Waals surface area contributed by atoms with Crippen LogP contribution in [-0.2, 0) is 6.42 Å². The topological polar surface area (TPSA) is 78.4 Å². The predicted molar refractivity (Wildman–Crippen MR) is 83.5 cm³/mol. The van der Waals surface area contributed by atoms with Gasteiger partial charge in [-0.05, 0) is 25.2 Å². The van der Waals surface area contributed by atoms with Crippen LogP contribution >= 0.6 is 11.3 Å². The van der Waals surface area contributed by atoms with E-state index in [0.717, 1.165) is 37.1 Å².